The van der Waals surface area contributed by atoms with Crippen LogP contribution in [0.2, 0.25) is 0 Å². The van der Waals surface area contributed by atoms with Crippen molar-refractivity contribution >= 4 is 35.0 Å². The monoisotopic (exact) mass is 520 g/mol. The van der Waals surface area contributed by atoms with Crippen LogP contribution in [0.15, 0.2) is 89.5 Å². The topological polar surface area (TPSA) is 55.6 Å². The van der Waals surface area contributed by atoms with E-state index in [2.05, 4.69) is 0 Å². The molecule has 1 atom stereocenters. The molecule has 0 aliphatic heterocycles. The quantitative estimate of drug-likeness (QED) is 0.141. The van der Waals surface area contributed by atoms with Gasteiger partial charge in [-0.15, -0.1) is 23.4 Å². The molecule has 0 saturated carbocycles. The fourth-order valence-electron chi connectivity index (χ4n) is 3.52. The molecule has 184 valence electrons. The number of nitrogens with two attached hydrogens (primary N) is 1. The molecule has 0 spiro atoms. The third kappa shape index (κ3) is 6.81. The number of methoxy groups -OCH3 is 1. The number of carbonyl (C=O) groups excluding carboxylic acids is 1. The molecule has 1 unspecified atom stereocenters. The molecule has 0 saturated heterocycles. The van der Waals surface area contributed by atoms with Gasteiger partial charge in [0.1, 0.15) is 0 Å². The van der Waals surface area contributed by atoms with Crippen LogP contribution < -0.4 is 5.84 Å². The zero-order chi connectivity index (χ0) is 25.6. The number of ether oxygens (including phenoxy) is 1. The molecule has 1 aliphatic rings. The Morgan fingerprint density at radius 2 is 1.97 bits per heavy atom. The second-order valence-corrected chi connectivity index (χ2v) is 8.88. The summed E-state index contributed by atoms with van der Waals surface area (Å²) in [5.41, 5.74) is 2.30. The molecular formula is C26H24ClF3N2O2S. The highest BCUT2D eigenvalue weighted by molar-refractivity contribution is 7.98. The summed E-state index contributed by atoms with van der Waals surface area (Å²) in [6.07, 6.45) is 5.70. The van der Waals surface area contributed by atoms with Crippen LogP contribution >= 0.6 is 23.4 Å². The Hall–Kier alpha value is -2.94. The number of hydrazine groups is 1. The molecule has 0 bridgehead atoms. The number of benzene rings is 2. The van der Waals surface area contributed by atoms with E-state index in [-0.39, 0.29) is 11.3 Å². The van der Waals surface area contributed by atoms with Crippen LogP contribution in [0.25, 0.3) is 16.8 Å². The largest absolute Gasteiger partial charge is 0.465 e. The molecule has 3 rings (SSSR count). The van der Waals surface area contributed by atoms with Crippen molar-refractivity contribution in [1.29, 1.82) is 0 Å². The third-order valence-electron chi connectivity index (χ3n) is 5.22. The number of thioether (sulfide) groups is 1. The van der Waals surface area contributed by atoms with Crippen molar-refractivity contribution in [3.63, 3.8) is 0 Å². The number of halogens is 4. The lowest BCUT2D eigenvalue weighted by molar-refractivity contribution is -0.125. The van der Waals surface area contributed by atoms with Crippen molar-refractivity contribution < 1.29 is 22.7 Å². The van der Waals surface area contributed by atoms with Gasteiger partial charge in [-0.1, -0.05) is 48.6 Å². The SMILES string of the molecule is COC(=O)c1cc(/C(=C/CC(F)(F)F)N(N)C2=CC=CC=CC2Cl)ccc1-c1cccc(SC)c1. The third-order valence-corrected chi connectivity index (χ3v) is 6.31. The van der Waals surface area contributed by atoms with Crippen LogP contribution in [0.1, 0.15) is 22.3 Å². The molecule has 4 nitrogen and oxygen atoms in total. The van der Waals surface area contributed by atoms with E-state index in [4.69, 9.17) is 22.2 Å². The van der Waals surface area contributed by atoms with Gasteiger partial charge in [-0.3, -0.25) is 5.01 Å². The maximum Gasteiger partial charge on any atom is 0.392 e. The second-order valence-electron chi connectivity index (χ2n) is 7.53. The minimum atomic E-state index is -4.45. The molecular weight excluding hydrogens is 497 g/mol. The Kier molecular flexibility index (Phi) is 8.88. The first-order chi connectivity index (χ1) is 16.6. The fourth-order valence-corrected chi connectivity index (χ4v) is 4.24. The van der Waals surface area contributed by atoms with E-state index in [1.807, 2.05) is 30.5 Å². The van der Waals surface area contributed by atoms with Gasteiger partial charge in [-0.2, -0.15) is 13.2 Å². The van der Waals surface area contributed by atoms with Gasteiger partial charge in [0.25, 0.3) is 0 Å². The predicted octanol–water partition coefficient (Wildman–Crippen LogP) is 6.95. The highest BCUT2D eigenvalue weighted by Crippen LogP contribution is 2.33. The Morgan fingerprint density at radius 1 is 1.20 bits per heavy atom. The van der Waals surface area contributed by atoms with E-state index < -0.39 is 23.9 Å². The van der Waals surface area contributed by atoms with Gasteiger partial charge in [-0.05, 0) is 47.7 Å². The van der Waals surface area contributed by atoms with Crippen LogP contribution in [-0.4, -0.2) is 35.9 Å². The molecule has 0 radical (unpaired) electrons. The molecule has 0 heterocycles. The minimum Gasteiger partial charge on any atom is -0.465 e. The van der Waals surface area contributed by atoms with Gasteiger partial charge in [0, 0.05) is 10.5 Å². The fraction of sp³-hybridized carbons (Fsp3) is 0.192. The molecule has 9 heteroatoms. The number of carbonyl (C=O) groups is 1. The normalized spacial score (nSPS) is 16.0. The van der Waals surface area contributed by atoms with Gasteiger partial charge in [0.2, 0.25) is 0 Å². The number of hydrogen-bond donors (Lipinski definition) is 1. The second kappa shape index (κ2) is 11.7. The van der Waals surface area contributed by atoms with E-state index in [1.165, 1.54) is 13.2 Å². The predicted molar refractivity (Wildman–Crippen MR) is 136 cm³/mol. The first kappa shape index (κ1) is 26.7. The smallest absolute Gasteiger partial charge is 0.392 e. The van der Waals surface area contributed by atoms with Crippen molar-refractivity contribution in [2.45, 2.75) is 22.9 Å². The summed E-state index contributed by atoms with van der Waals surface area (Å²) >= 11 is 7.95. The molecule has 35 heavy (non-hydrogen) atoms. The number of esters is 1. The number of alkyl halides is 4. The van der Waals surface area contributed by atoms with E-state index in [0.717, 1.165) is 21.5 Å². The summed E-state index contributed by atoms with van der Waals surface area (Å²) in [6, 6.07) is 12.4. The lowest BCUT2D eigenvalue weighted by Gasteiger charge is -2.27. The highest BCUT2D eigenvalue weighted by atomic mass is 35.5. The van der Waals surface area contributed by atoms with E-state index in [0.29, 0.717) is 16.8 Å². The number of rotatable bonds is 7. The summed E-state index contributed by atoms with van der Waals surface area (Å²) in [4.78, 5) is 13.7. The van der Waals surface area contributed by atoms with Crippen molar-refractivity contribution in [3.8, 4) is 11.1 Å². The summed E-state index contributed by atoms with van der Waals surface area (Å²) in [7, 11) is 1.25. The van der Waals surface area contributed by atoms with Gasteiger partial charge in [-0.25, -0.2) is 10.6 Å². The van der Waals surface area contributed by atoms with Crippen LogP contribution in [0.5, 0.6) is 0 Å². The first-order valence-electron chi connectivity index (χ1n) is 10.5. The molecule has 0 aromatic heterocycles. The van der Waals surface area contributed by atoms with Crippen molar-refractivity contribution in [1.82, 2.24) is 5.01 Å². The molecule has 0 amide bonds. The van der Waals surface area contributed by atoms with Crippen LogP contribution in [0.4, 0.5) is 13.2 Å². The lowest BCUT2D eigenvalue weighted by atomic mass is 9.96. The molecule has 1 aliphatic carbocycles. The number of allylic oxidation sites excluding steroid dienone is 6. The Morgan fingerprint density at radius 3 is 2.66 bits per heavy atom. The van der Waals surface area contributed by atoms with Gasteiger partial charge in [0.05, 0.1) is 35.9 Å². The van der Waals surface area contributed by atoms with Crippen LogP contribution in [0.3, 0.4) is 0 Å². The maximum atomic E-state index is 13.2. The Labute approximate surface area is 211 Å². The lowest BCUT2D eigenvalue weighted by Crippen LogP contribution is -2.32. The van der Waals surface area contributed by atoms with Crippen LogP contribution in [0, 0.1) is 0 Å². The van der Waals surface area contributed by atoms with Crippen molar-refractivity contribution in [3.05, 3.63) is 95.7 Å². The maximum absolute atomic E-state index is 13.2. The standard InChI is InChI=1S/C26H24ClF3N2O2S/c1-34-25(33)21-16-18(11-12-20(21)17-7-6-8-19(15-17)35-2)23(13-14-26(28,29)30)32(31)24-10-5-3-4-9-22(24)27/h3-13,15-16,22H,14,31H2,1-2H3/b23-13-. The zero-order valence-corrected chi connectivity index (χ0v) is 20.6. The minimum absolute atomic E-state index is 0.0532. The Bertz CT molecular complexity index is 1210. The highest BCUT2D eigenvalue weighted by Gasteiger charge is 2.28. The average Bonchev–Trinajstić information content (AvgIpc) is 3.06. The summed E-state index contributed by atoms with van der Waals surface area (Å²) < 4.78 is 44.4. The molecule has 2 N–H and O–H groups in total. The number of nitrogens with zero attached hydrogens (tertiary/aromatic N) is 1. The molecule has 2 aromatic carbocycles. The van der Waals surface area contributed by atoms with E-state index in [9.17, 15) is 18.0 Å². The average molecular weight is 521 g/mol. The summed E-state index contributed by atoms with van der Waals surface area (Å²) in [5, 5.41) is 0.450. The molecule has 0 fully saturated rings. The van der Waals surface area contributed by atoms with Gasteiger partial charge < -0.3 is 4.74 Å². The number of hydrogen-bond acceptors (Lipinski definition) is 5. The van der Waals surface area contributed by atoms with Gasteiger partial charge >= 0.3 is 12.1 Å². The zero-order valence-electron chi connectivity index (χ0n) is 19.1. The first-order valence-corrected chi connectivity index (χ1v) is 12.2. The Balaban J connectivity index is 2.15. The summed E-state index contributed by atoms with van der Waals surface area (Å²) in [5.74, 6) is 5.70. The van der Waals surface area contributed by atoms with E-state index in [1.54, 1.807) is 54.3 Å². The summed E-state index contributed by atoms with van der Waals surface area (Å²) in [6.45, 7) is 0. The van der Waals surface area contributed by atoms with Crippen LogP contribution in [-0.2, 0) is 4.74 Å². The van der Waals surface area contributed by atoms with Gasteiger partial charge in [0.15, 0.2) is 0 Å². The van der Waals surface area contributed by atoms with Crippen molar-refractivity contribution in [2.75, 3.05) is 13.4 Å². The molecule has 2 aromatic rings. The van der Waals surface area contributed by atoms with Crippen molar-refractivity contribution in [2.24, 2.45) is 5.84 Å². The van der Waals surface area contributed by atoms with E-state index >= 15 is 0 Å².